The van der Waals surface area contributed by atoms with Crippen LogP contribution in [0.15, 0.2) is 71.5 Å². The minimum Gasteiger partial charge on any atom is -0.493 e. The Labute approximate surface area is 215 Å². The summed E-state index contributed by atoms with van der Waals surface area (Å²) in [4.78, 5) is 33.5. The summed E-state index contributed by atoms with van der Waals surface area (Å²) in [5, 5.41) is 1.15. The maximum Gasteiger partial charge on any atom is 0.290 e. The molecule has 37 heavy (non-hydrogen) atoms. The summed E-state index contributed by atoms with van der Waals surface area (Å²) >= 11 is 0. The highest BCUT2D eigenvalue weighted by atomic mass is 16.5. The van der Waals surface area contributed by atoms with E-state index in [2.05, 4.69) is 11.1 Å². The Kier molecular flexibility index (Phi) is 7.16. The van der Waals surface area contributed by atoms with Crippen LogP contribution in [-0.2, 0) is 17.8 Å². The number of ether oxygens (including phenoxy) is 2. The lowest BCUT2D eigenvalue weighted by Crippen LogP contribution is -2.44. The smallest absolute Gasteiger partial charge is 0.290 e. The van der Waals surface area contributed by atoms with Gasteiger partial charge in [-0.15, -0.1) is 0 Å². The summed E-state index contributed by atoms with van der Waals surface area (Å²) in [5.74, 6) is 1.14. The molecular weight excluding hydrogens is 470 g/mol. The van der Waals surface area contributed by atoms with E-state index >= 15 is 0 Å². The SMILES string of the molecule is COc1ccc(CN(CCc2c[nH]c3ccccc23)C(=O)CN(C(=O)c2ccco2)C2CC2)cc1OC. The second-order valence-electron chi connectivity index (χ2n) is 9.26. The fourth-order valence-electron chi connectivity index (χ4n) is 4.63. The predicted octanol–water partition coefficient (Wildman–Crippen LogP) is 4.65. The number of furan rings is 1. The molecule has 8 heteroatoms. The number of hydrogen-bond acceptors (Lipinski definition) is 5. The third-order valence-electron chi connectivity index (χ3n) is 6.79. The lowest BCUT2D eigenvalue weighted by atomic mass is 10.1. The lowest BCUT2D eigenvalue weighted by Gasteiger charge is -2.28. The average Bonchev–Trinajstić information content (AvgIpc) is 3.45. The zero-order valence-corrected chi connectivity index (χ0v) is 21.1. The minimum absolute atomic E-state index is 0.00533. The van der Waals surface area contributed by atoms with Crippen LogP contribution in [-0.4, -0.2) is 59.9 Å². The van der Waals surface area contributed by atoms with Crippen molar-refractivity contribution in [3.63, 3.8) is 0 Å². The molecule has 0 saturated heterocycles. The number of nitrogens with one attached hydrogen (secondary N) is 1. The van der Waals surface area contributed by atoms with Crippen LogP contribution in [0.3, 0.4) is 0 Å². The van der Waals surface area contributed by atoms with Crippen molar-refractivity contribution >= 4 is 22.7 Å². The van der Waals surface area contributed by atoms with E-state index in [1.54, 1.807) is 31.3 Å². The summed E-state index contributed by atoms with van der Waals surface area (Å²) in [6.45, 7) is 0.892. The van der Waals surface area contributed by atoms with Gasteiger partial charge in [-0.25, -0.2) is 0 Å². The number of aromatic amines is 1. The van der Waals surface area contributed by atoms with Crippen LogP contribution in [0.2, 0.25) is 0 Å². The van der Waals surface area contributed by atoms with Crippen LogP contribution in [0.25, 0.3) is 10.9 Å². The van der Waals surface area contributed by atoms with Gasteiger partial charge in [0.15, 0.2) is 17.3 Å². The summed E-state index contributed by atoms with van der Waals surface area (Å²) in [7, 11) is 3.19. The van der Waals surface area contributed by atoms with Crippen molar-refractivity contribution in [2.45, 2.75) is 31.8 Å². The van der Waals surface area contributed by atoms with Gasteiger partial charge in [-0.3, -0.25) is 9.59 Å². The average molecular weight is 502 g/mol. The molecule has 1 N–H and O–H groups in total. The van der Waals surface area contributed by atoms with E-state index in [9.17, 15) is 9.59 Å². The Morgan fingerprint density at radius 2 is 1.84 bits per heavy atom. The van der Waals surface area contributed by atoms with Gasteiger partial charge in [-0.2, -0.15) is 0 Å². The van der Waals surface area contributed by atoms with Gasteiger partial charge >= 0.3 is 0 Å². The molecule has 8 nitrogen and oxygen atoms in total. The Balaban J connectivity index is 1.37. The second kappa shape index (κ2) is 10.8. The van der Waals surface area contributed by atoms with E-state index in [1.807, 2.05) is 47.5 Å². The number of carbonyl (C=O) groups excluding carboxylic acids is 2. The molecule has 1 aliphatic rings. The molecule has 4 aromatic rings. The Bertz CT molecular complexity index is 1370. The molecule has 2 aromatic carbocycles. The van der Waals surface area contributed by atoms with E-state index in [-0.39, 0.29) is 30.2 Å². The molecule has 0 radical (unpaired) electrons. The number of rotatable bonds is 11. The minimum atomic E-state index is -0.247. The Morgan fingerprint density at radius 1 is 1.03 bits per heavy atom. The molecule has 1 saturated carbocycles. The predicted molar refractivity (Wildman–Crippen MR) is 140 cm³/mol. The number of fused-ring (bicyclic) bond motifs is 1. The molecule has 1 aliphatic carbocycles. The van der Waals surface area contributed by atoms with Gasteiger partial charge < -0.3 is 28.7 Å². The molecule has 0 atom stereocenters. The maximum absolute atomic E-state index is 13.7. The molecule has 0 aliphatic heterocycles. The van der Waals surface area contributed by atoms with Gasteiger partial charge in [-0.05, 0) is 60.7 Å². The summed E-state index contributed by atoms with van der Waals surface area (Å²) in [6.07, 6.45) is 5.94. The quantitative estimate of drug-likeness (QED) is 0.323. The first-order chi connectivity index (χ1) is 18.1. The van der Waals surface area contributed by atoms with Crippen LogP contribution in [0.4, 0.5) is 0 Å². The number of benzene rings is 2. The topological polar surface area (TPSA) is 88.0 Å². The largest absolute Gasteiger partial charge is 0.493 e. The highest BCUT2D eigenvalue weighted by Gasteiger charge is 2.36. The Hall–Kier alpha value is -4.20. The number of H-pyrrole nitrogens is 1. The zero-order valence-electron chi connectivity index (χ0n) is 21.1. The third kappa shape index (κ3) is 5.48. The number of carbonyl (C=O) groups is 2. The fourth-order valence-corrected chi connectivity index (χ4v) is 4.63. The van der Waals surface area contributed by atoms with Gasteiger partial charge in [0, 0.05) is 36.2 Å². The normalized spacial score (nSPS) is 12.9. The van der Waals surface area contributed by atoms with E-state index in [4.69, 9.17) is 13.9 Å². The van der Waals surface area contributed by atoms with Crippen molar-refractivity contribution in [1.29, 1.82) is 0 Å². The Morgan fingerprint density at radius 3 is 2.57 bits per heavy atom. The monoisotopic (exact) mass is 501 g/mol. The van der Waals surface area contributed by atoms with Gasteiger partial charge in [0.1, 0.15) is 6.54 Å². The van der Waals surface area contributed by atoms with Crippen LogP contribution < -0.4 is 9.47 Å². The van der Waals surface area contributed by atoms with Crippen molar-refractivity contribution in [3.05, 3.63) is 83.9 Å². The van der Waals surface area contributed by atoms with Crippen LogP contribution in [0.1, 0.15) is 34.5 Å². The molecule has 0 unspecified atom stereocenters. The van der Waals surface area contributed by atoms with Crippen molar-refractivity contribution in [2.75, 3.05) is 27.3 Å². The number of hydrogen-bond donors (Lipinski definition) is 1. The summed E-state index contributed by atoms with van der Waals surface area (Å²) in [6, 6.07) is 17.2. The number of para-hydroxylation sites is 1. The van der Waals surface area contributed by atoms with Crippen LogP contribution >= 0.6 is 0 Å². The molecule has 0 bridgehead atoms. The van der Waals surface area contributed by atoms with Gasteiger partial charge in [0.2, 0.25) is 5.91 Å². The highest BCUT2D eigenvalue weighted by molar-refractivity contribution is 5.94. The van der Waals surface area contributed by atoms with E-state index < -0.39 is 0 Å². The number of methoxy groups -OCH3 is 2. The molecule has 192 valence electrons. The van der Waals surface area contributed by atoms with Crippen molar-refractivity contribution in [1.82, 2.24) is 14.8 Å². The molecule has 1 fully saturated rings. The van der Waals surface area contributed by atoms with Gasteiger partial charge in [0.25, 0.3) is 5.91 Å². The van der Waals surface area contributed by atoms with E-state index in [0.29, 0.717) is 31.0 Å². The van der Waals surface area contributed by atoms with Crippen molar-refractivity contribution < 1.29 is 23.5 Å². The summed E-state index contributed by atoms with van der Waals surface area (Å²) in [5.41, 5.74) is 3.13. The number of aromatic nitrogens is 1. The number of amides is 2. The highest BCUT2D eigenvalue weighted by Crippen LogP contribution is 2.30. The first-order valence-electron chi connectivity index (χ1n) is 12.5. The van der Waals surface area contributed by atoms with E-state index in [0.717, 1.165) is 34.9 Å². The first kappa shape index (κ1) is 24.5. The molecule has 0 spiro atoms. The third-order valence-corrected chi connectivity index (χ3v) is 6.79. The van der Waals surface area contributed by atoms with Crippen molar-refractivity contribution in [3.8, 4) is 11.5 Å². The zero-order chi connectivity index (χ0) is 25.8. The first-order valence-corrected chi connectivity index (χ1v) is 12.5. The van der Waals surface area contributed by atoms with Gasteiger partial charge in [-0.1, -0.05) is 24.3 Å². The number of nitrogens with zero attached hydrogens (tertiary/aromatic N) is 2. The summed E-state index contributed by atoms with van der Waals surface area (Å²) < 4.78 is 16.2. The molecule has 2 heterocycles. The lowest BCUT2D eigenvalue weighted by molar-refractivity contribution is -0.132. The maximum atomic E-state index is 13.7. The van der Waals surface area contributed by atoms with Crippen LogP contribution in [0.5, 0.6) is 11.5 Å². The van der Waals surface area contributed by atoms with Crippen molar-refractivity contribution in [2.24, 2.45) is 0 Å². The molecular formula is C29H31N3O5. The fraction of sp³-hybridized carbons (Fsp3) is 0.310. The van der Waals surface area contributed by atoms with Crippen LogP contribution in [0, 0.1) is 0 Å². The molecule has 2 aromatic heterocycles. The van der Waals surface area contributed by atoms with Gasteiger partial charge in [0.05, 0.1) is 20.5 Å². The molecule has 2 amide bonds. The van der Waals surface area contributed by atoms with E-state index in [1.165, 1.54) is 6.26 Å². The standard InChI is InChI=1S/C29H31N3O5/c1-35-25-12-9-20(16-27(25)36-2)18-31(14-13-21-17-30-24-7-4-3-6-23(21)24)28(33)19-32(22-10-11-22)29(34)26-8-5-15-37-26/h3-9,12,15-17,22,30H,10-11,13-14,18-19H2,1-2H3. The second-order valence-corrected chi connectivity index (χ2v) is 9.26. The molecule has 5 rings (SSSR count).